The molecule has 0 N–H and O–H groups in total. The van der Waals surface area contributed by atoms with Gasteiger partial charge in [0.05, 0.1) is 11.0 Å². The third-order valence-corrected chi connectivity index (χ3v) is 9.89. The van der Waals surface area contributed by atoms with Crippen LogP contribution in [0, 0.1) is 0 Å². The average Bonchev–Trinajstić information content (AvgIpc) is 3.74. The minimum Gasteiger partial charge on any atom is -0.456 e. The van der Waals surface area contributed by atoms with Gasteiger partial charge in [0, 0.05) is 38.0 Å². The summed E-state index contributed by atoms with van der Waals surface area (Å²) in [5.41, 5.74) is 10.7. The fourth-order valence-corrected chi connectivity index (χ4v) is 8.17. The molecule has 0 radical (unpaired) electrons. The number of para-hydroxylation sites is 2. The minimum absolute atomic E-state index is 0.923. The van der Waals surface area contributed by atoms with Crippen molar-refractivity contribution >= 4 is 76.1 Å². The molecule has 2 heteroatoms. The first-order valence-corrected chi connectivity index (χ1v) is 15.2. The van der Waals surface area contributed by atoms with Crippen LogP contribution in [0.2, 0.25) is 0 Å². The van der Waals surface area contributed by atoms with E-state index in [1.165, 1.54) is 87.5 Å². The van der Waals surface area contributed by atoms with Crippen LogP contribution in [0.5, 0.6) is 0 Å². The number of benzene rings is 8. The van der Waals surface area contributed by atoms with Crippen LogP contribution in [0.3, 0.4) is 0 Å². The van der Waals surface area contributed by atoms with E-state index in [1.54, 1.807) is 0 Å². The molecular formula is C42H23NO. The second-order valence-electron chi connectivity index (χ2n) is 12.0. The van der Waals surface area contributed by atoms with Gasteiger partial charge in [-0.1, -0.05) is 103 Å². The van der Waals surface area contributed by atoms with E-state index in [4.69, 9.17) is 4.42 Å². The summed E-state index contributed by atoms with van der Waals surface area (Å²) in [7, 11) is 0. The number of rotatable bonds is 1. The van der Waals surface area contributed by atoms with Crippen LogP contribution in [0.15, 0.2) is 144 Å². The maximum absolute atomic E-state index is 6.40. The number of nitrogens with zero attached hydrogens (tertiary/aromatic N) is 1. The van der Waals surface area contributed by atoms with Crippen molar-refractivity contribution < 1.29 is 4.42 Å². The van der Waals surface area contributed by atoms with Crippen LogP contribution < -0.4 is 0 Å². The number of aromatic nitrogens is 1. The van der Waals surface area contributed by atoms with Gasteiger partial charge in [0.1, 0.15) is 11.2 Å². The molecule has 10 aromatic rings. The molecule has 0 saturated carbocycles. The van der Waals surface area contributed by atoms with E-state index in [1.807, 2.05) is 6.07 Å². The highest BCUT2D eigenvalue weighted by molar-refractivity contribution is 6.38. The summed E-state index contributed by atoms with van der Waals surface area (Å²) in [6.07, 6.45) is 0. The lowest BCUT2D eigenvalue weighted by Gasteiger charge is -2.14. The van der Waals surface area contributed by atoms with Crippen molar-refractivity contribution in [2.75, 3.05) is 0 Å². The molecule has 0 saturated heterocycles. The lowest BCUT2D eigenvalue weighted by atomic mass is 9.93. The Labute approximate surface area is 252 Å². The Balaban J connectivity index is 1.35. The Kier molecular flexibility index (Phi) is 4.10. The van der Waals surface area contributed by atoms with E-state index in [9.17, 15) is 0 Å². The molecule has 0 atom stereocenters. The van der Waals surface area contributed by atoms with Gasteiger partial charge in [-0.3, -0.25) is 0 Å². The Morgan fingerprint density at radius 1 is 0.386 bits per heavy atom. The molecule has 1 aliphatic rings. The molecule has 2 heterocycles. The van der Waals surface area contributed by atoms with Gasteiger partial charge in [-0.05, 0) is 80.2 Å². The van der Waals surface area contributed by atoms with E-state index in [2.05, 4.69) is 138 Å². The zero-order valence-corrected chi connectivity index (χ0v) is 23.6. The van der Waals surface area contributed by atoms with Gasteiger partial charge in [0.25, 0.3) is 0 Å². The second kappa shape index (κ2) is 7.94. The first-order chi connectivity index (χ1) is 21.8. The largest absolute Gasteiger partial charge is 0.456 e. The third kappa shape index (κ3) is 2.68. The molecule has 0 spiro atoms. The van der Waals surface area contributed by atoms with Crippen LogP contribution in [-0.4, -0.2) is 4.57 Å². The number of fused-ring (bicyclic) bond motifs is 15. The Morgan fingerprint density at radius 2 is 1.09 bits per heavy atom. The van der Waals surface area contributed by atoms with Crippen LogP contribution >= 0.6 is 0 Å². The van der Waals surface area contributed by atoms with Gasteiger partial charge in [-0.15, -0.1) is 0 Å². The molecule has 8 aromatic carbocycles. The normalized spacial score (nSPS) is 12.5. The first-order valence-electron chi connectivity index (χ1n) is 15.2. The van der Waals surface area contributed by atoms with Gasteiger partial charge in [0.2, 0.25) is 0 Å². The van der Waals surface area contributed by atoms with Crippen LogP contribution in [-0.2, 0) is 0 Å². The van der Waals surface area contributed by atoms with Gasteiger partial charge < -0.3 is 8.98 Å². The predicted molar refractivity (Wildman–Crippen MR) is 185 cm³/mol. The quantitative estimate of drug-likeness (QED) is 0.184. The highest BCUT2D eigenvalue weighted by Crippen LogP contribution is 2.50. The molecule has 11 rings (SSSR count). The summed E-state index contributed by atoms with van der Waals surface area (Å²) in [5.74, 6) is 0. The number of hydrogen-bond acceptors (Lipinski definition) is 1. The monoisotopic (exact) mass is 557 g/mol. The van der Waals surface area contributed by atoms with Gasteiger partial charge in [0.15, 0.2) is 0 Å². The lowest BCUT2D eigenvalue weighted by Crippen LogP contribution is -1.96. The van der Waals surface area contributed by atoms with Crippen LogP contribution in [0.25, 0.3) is 104 Å². The second-order valence-corrected chi connectivity index (χ2v) is 12.0. The Hall–Kier alpha value is -5.86. The smallest absolute Gasteiger partial charge is 0.136 e. The van der Waals surface area contributed by atoms with Gasteiger partial charge >= 0.3 is 0 Å². The SMILES string of the molecule is c1cc2c3c(cccc3c1)-c1cc(-n3c4ccccc4c4c5ccccc5c5c(ccc6oc7ccccc7c65)c43)ccc1-2. The van der Waals surface area contributed by atoms with Gasteiger partial charge in [-0.25, -0.2) is 0 Å². The topological polar surface area (TPSA) is 18.1 Å². The summed E-state index contributed by atoms with van der Waals surface area (Å²) in [6.45, 7) is 0. The highest BCUT2D eigenvalue weighted by Gasteiger charge is 2.25. The van der Waals surface area contributed by atoms with E-state index >= 15 is 0 Å². The molecule has 2 aromatic heterocycles. The molecule has 202 valence electrons. The molecule has 0 fully saturated rings. The summed E-state index contributed by atoms with van der Waals surface area (Å²) in [6, 6.07) is 51.0. The molecule has 0 unspecified atom stereocenters. The zero-order valence-electron chi connectivity index (χ0n) is 23.6. The molecule has 2 nitrogen and oxygen atoms in total. The van der Waals surface area contributed by atoms with Crippen molar-refractivity contribution in [2.24, 2.45) is 0 Å². The van der Waals surface area contributed by atoms with Crippen molar-refractivity contribution in [3.63, 3.8) is 0 Å². The first kappa shape index (κ1) is 22.7. The molecule has 0 amide bonds. The lowest BCUT2D eigenvalue weighted by molar-refractivity contribution is 0.669. The molecular weight excluding hydrogens is 534 g/mol. The van der Waals surface area contributed by atoms with E-state index < -0.39 is 0 Å². The van der Waals surface area contributed by atoms with Crippen molar-refractivity contribution in [3.05, 3.63) is 140 Å². The van der Waals surface area contributed by atoms with Crippen molar-refractivity contribution in [1.82, 2.24) is 4.57 Å². The Morgan fingerprint density at radius 3 is 1.93 bits per heavy atom. The number of hydrogen-bond donors (Lipinski definition) is 0. The number of furan rings is 1. The van der Waals surface area contributed by atoms with Crippen molar-refractivity contribution in [3.8, 4) is 27.9 Å². The molecule has 1 aliphatic carbocycles. The van der Waals surface area contributed by atoms with Gasteiger partial charge in [-0.2, -0.15) is 0 Å². The maximum Gasteiger partial charge on any atom is 0.136 e. The van der Waals surface area contributed by atoms with Crippen LogP contribution in [0.4, 0.5) is 0 Å². The summed E-state index contributed by atoms with van der Waals surface area (Å²) < 4.78 is 8.89. The molecule has 44 heavy (non-hydrogen) atoms. The molecule has 0 aliphatic heterocycles. The van der Waals surface area contributed by atoms with E-state index in [0.717, 1.165) is 16.6 Å². The average molecular weight is 558 g/mol. The third-order valence-electron chi connectivity index (χ3n) is 9.89. The van der Waals surface area contributed by atoms with E-state index in [-0.39, 0.29) is 0 Å². The van der Waals surface area contributed by atoms with E-state index in [0.29, 0.717) is 0 Å². The fourth-order valence-electron chi connectivity index (χ4n) is 8.17. The standard InChI is InChI=1S/C42H23NO/c1-2-12-29-28(11-1)39-33(21-22-37-41(39)32-14-4-6-18-36(32)44-37)42-40(29)31-13-3-5-17-35(31)43(42)25-19-20-26-27-15-7-9-24-10-8-16-30(38(24)27)34(26)23-25/h1-23H. The molecule has 0 bridgehead atoms. The van der Waals surface area contributed by atoms with Crippen molar-refractivity contribution in [2.45, 2.75) is 0 Å². The minimum atomic E-state index is 0.923. The maximum atomic E-state index is 6.40. The summed E-state index contributed by atoms with van der Waals surface area (Å²) >= 11 is 0. The highest BCUT2D eigenvalue weighted by atomic mass is 16.3. The summed E-state index contributed by atoms with van der Waals surface area (Å²) in [4.78, 5) is 0. The van der Waals surface area contributed by atoms with Crippen LogP contribution in [0.1, 0.15) is 0 Å². The Bertz CT molecular complexity index is 2880. The summed E-state index contributed by atoms with van der Waals surface area (Å²) in [5, 5.41) is 12.6. The fraction of sp³-hybridized carbons (Fsp3) is 0. The van der Waals surface area contributed by atoms with Crippen molar-refractivity contribution in [1.29, 1.82) is 0 Å². The zero-order chi connectivity index (χ0) is 28.5. The predicted octanol–water partition coefficient (Wildman–Crippen LogP) is 11.8.